The average Bonchev–Trinajstić information content (AvgIpc) is 3.13. The molecule has 11 heteroatoms. The van der Waals surface area contributed by atoms with Crippen molar-refractivity contribution < 1.29 is 47.8 Å². The topological polar surface area (TPSA) is 149 Å². The first-order valence-electron chi connectivity index (χ1n) is 20.1. The van der Waals surface area contributed by atoms with E-state index < -0.39 is 51.8 Å². The Balaban J connectivity index is 4.41. The van der Waals surface area contributed by atoms with E-state index in [-0.39, 0.29) is 19.4 Å². The van der Waals surface area contributed by atoms with Crippen molar-refractivity contribution in [1.82, 2.24) is 0 Å². The molecule has 0 saturated carbocycles. The fourth-order valence-corrected chi connectivity index (χ4v) is 5.95. The monoisotopic (exact) mass is 756 g/mol. The van der Waals surface area contributed by atoms with Gasteiger partial charge >= 0.3 is 19.8 Å². The van der Waals surface area contributed by atoms with Gasteiger partial charge in [-0.15, -0.1) is 0 Å². The number of hydrogen-bond acceptors (Lipinski definition) is 9. The van der Waals surface area contributed by atoms with Crippen LogP contribution in [0.5, 0.6) is 0 Å². The minimum Gasteiger partial charge on any atom is -0.462 e. The molecule has 0 aliphatic rings. The number of phosphoric acid groups is 1. The van der Waals surface area contributed by atoms with Gasteiger partial charge in [-0.25, -0.2) is 4.57 Å². The number of allylic oxidation sites excluding steroid dienone is 8. The number of unbranched alkanes of at least 4 members (excludes halogenated alkanes) is 15. The molecule has 3 atom stereocenters. The Labute approximate surface area is 315 Å². The van der Waals surface area contributed by atoms with Crippen molar-refractivity contribution in [3.8, 4) is 0 Å². The van der Waals surface area contributed by atoms with Gasteiger partial charge in [0.25, 0.3) is 0 Å². The fourth-order valence-electron chi connectivity index (χ4n) is 5.16. The second-order valence-corrected chi connectivity index (χ2v) is 14.7. The van der Waals surface area contributed by atoms with Gasteiger partial charge in [-0.05, 0) is 51.4 Å². The van der Waals surface area contributed by atoms with E-state index in [0.717, 1.165) is 57.8 Å². The summed E-state index contributed by atoms with van der Waals surface area (Å²) in [6.45, 7) is 2.21. The van der Waals surface area contributed by atoms with Crippen LogP contribution in [0.3, 0.4) is 0 Å². The second kappa shape index (κ2) is 37.3. The van der Waals surface area contributed by atoms with Crippen molar-refractivity contribution in [2.24, 2.45) is 0 Å². The van der Waals surface area contributed by atoms with Crippen molar-refractivity contribution in [1.29, 1.82) is 0 Å². The molecule has 0 aliphatic heterocycles. The van der Waals surface area contributed by atoms with Gasteiger partial charge in [0.2, 0.25) is 0 Å². The van der Waals surface area contributed by atoms with Crippen LogP contribution in [0.15, 0.2) is 48.6 Å². The number of hydrogen-bond donors (Lipinski definition) is 3. The summed E-state index contributed by atoms with van der Waals surface area (Å²) in [7, 11) is -4.62. The van der Waals surface area contributed by atoms with Gasteiger partial charge in [-0.1, -0.05) is 146 Å². The Morgan fingerprint density at radius 2 is 1.06 bits per heavy atom. The van der Waals surface area contributed by atoms with Crippen LogP contribution in [0, 0.1) is 0 Å². The van der Waals surface area contributed by atoms with E-state index in [1.54, 1.807) is 0 Å². The summed E-state index contributed by atoms with van der Waals surface area (Å²) in [5, 5.41) is 18.3. The van der Waals surface area contributed by atoms with E-state index in [0.29, 0.717) is 12.8 Å². The number of esters is 2. The molecular formula is C41H73O10P. The Hall–Kier alpha value is -2.07. The maximum atomic E-state index is 12.6. The summed E-state index contributed by atoms with van der Waals surface area (Å²) in [5.74, 6) is -0.974. The van der Waals surface area contributed by atoms with Crippen LogP contribution >= 0.6 is 7.82 Å². The molecule has 1 unspecified atom stereocenters. The number of ether oxygens (including phenoxy) is 2. The van der Waals surface area contributed by atoms with Gasteiger partial charge in [-0.3, -0.25) is 18.6 Å². The molecule has 0 fully saturated rings. The number of rotatable bonds is 37. The number of aliphatic hydroxyl groups is 2. The van der Waals surface area contributed by atoms with Crippen molar-refractivity contribution >= 4 is 19.8 Å². The molecule has 52 heavy (non-hydrogen) atoms. The van der Waals surface area contributed by atoms with Crippen LogP contribution < -0.4 is 0 Å². The molecule has 0 radical (unpaired) electrons. The third-order valence-corrected chi connectivity index (χ3v) is 9.20. The highest BCUT2D eigenvalue weighted by Gasteiger charge is 2.27. The summed E-state index contributed by atoms with van der Waals surface area (Å²) < 4.78 is 32.6. The quantitative estimate of drug-likeness (QED) is 0.0242. The smallest absolute Gasteiger partial charge is 0.462 e. The zero-order valence-electron chi connectivity index (χ0n) is 32.5. The van der Waals surface area contributed by atoms with Crippen LogP contribution in [-0.2, 0) is 32.7 Å². The molecule has 0 spiro atoms. The minimum atomic E-state index is -4.62. The van der Waals surface area contributed by atoms with Crippen molar-refractivity contribution in [3.63, 3.8) is 0 Å². The van der Waals surface area contributed by atoms with E-state index in [1.165, 1.54) is 64.2 Å². The van der Waals surface area contributed by atoms with Gasteiger partial charge in [0.05, 0.1) is 19.8 Å². The summed E-state index contributed by atoms with van der Waals surface area (Å²) in [6, 6.07) is 0. The molecule has 3 N–H and O–H groups in total. The Morgan fingerprint density at radius 1 is 0.596 bits per heavy atom. The third kappa shape index (κ3) is 36.3. The standard InChI is InChI=1S/C41H73O10P/c1-3-5-7-9-11-13-15-17-19-21-23-25-27-29-31-33-41(45)51-39(37-50-52(46,47)49-35-38(43)34-42)36-48-40(44)32-30-28-26-24-22-20-18-16-14-12-10-8-6-4-2/h5,7,11,13,17,19,23,25,38-39,42-43H,3-4,6,8-10,12,14-16,18,20-22,24,26-37H2,1-2H3,(H,46,47)/b7-5-,13-11-,19-17-,25-23-/t38-,39+/m0/s1. The van der Waals surface area contributed by atoms with E-state index >= 15 is 0 Å². The Kier molecular flexibility index (Phi) is 35.8. The number of aliphatic hydroxyl groups excluding tert-OH is 2. The Morgan fingerprint density at radius 3 is 1.60 bits per heavy atom. The van der Waals surface area contributed by atoms with Crippen molar-refractivity contribution in [3.05, 3.63) is 48.6 Å². The zero-order chi connectivity index (χ0) is 38.4. The zero-order valence-corrected chi connectivity index (χ0v) is 33.4. The lowest BCUT2D eigenvalue weighted by atomic mass is 10.0. The molecule has 0 aromatic carbocycles. The van der Waals surface area contributed by atoms with Gasteiger partial charge in [0, 0.05) is 12.8 Å². The molecule has 0 saturated heterocycles. The highest BCUT2D eigenvalue weighted by atomic mass is 31.2. The molecule has 0 amide bonds. The van der Waals surface area contributed by atoms with Crippen LogP contribution in [0.1, 0.15) is 162 Å². The molecule has 0 bridgehead atoms. The normalized spacial score (nSPS) is 14.5. The van der Waals surface area contributed by atoms with E-state index in [2.05, 4.69) is 67.0 Å². The molecule has 302 valence electrons. The molecular weight excluding hydrogens is 683 g/mol. The summed E-state index contributed by atoms with van der Waals surface area (Å²) in [4.78, 5) is 34.9. The highest BCUT2D eigenvalue weighted by Crippen LogP contribution is 2.43. The second-order valence-electron chi connectivity index (χ2n) is 13.3. The lowest BCUT2D eigenvalue weighted by Gasteiger charge is -2.20. The number of carbonyl (C=O) groups is 2. The summed E-state index contributed by atoms with van der Waals surface area (Å²) >= 11 is 0. The maximum absolute atomic E-state index is 12.6. The van der Waals surface area contributed by atoms with Crippen molar-refractivity contribution in [2.75, 3.05) is 26.4 Å². The van der Waals surface area contributed by atoms with E-state index in [4.69, 9.17) is 19.1 Å². The average molecular weight is 757 g/mol. The third-order valence-electron chi connectivity index (χ3n) is 8.25. The minimum absolute atomic E-state index is 0.132. The van der Waals surface area contributed by atoms with Crippen LogP contribution in [0.2, 0.25) is 0 Å². The molecule has 0 aliphatic carbocycles. The summed E-state index contributed by atoms with van der Waals surface area (Å²) in [6.07, 6.45) is 38.0. The molecule has 0 heterocycles. The highest BCUT2D eigenvalue weighted by molar-refractivity contribution is 7.47. The Bertz CT molecular complexity index is 1010. The molecule has 0 rings (SSSR count). The first-order valence-corrected chi connectivity index (χ1v) is 21.6. The fraction of sp³-hybridized carbons (Fsp3) is 0.756. The van der Waals surface area contributed by atoms with Gasteiger partial charge in [-0.2, -0.15) is 0 Å². The van der Waals surface area contributed by atoms with Crippen LogP contribution in [0.25, 0.3) is 0 Å². The van der Waals surface area contributed by atoms with Crippen molar-refractivity contribution in [2.45, 2.75) is 174 Å². The maximum Gasteiger partial charge on any atom is 0.472 e. The predicted molar refractivity (Wildman–Crippen MR) is 210 cm³/mol. The summed E-state index contributed by atoms with van der Waals surface area (Å²) in [5.41, 5.74) is 0. The largest absolute Gasteiger partial charge is 0.472 e. The molecule has 0 aromatic rings. The van der Waals surface area contributed by atoms with Crippen LogP contribution in [0.4, 0.5) is 0 Å². The van der Waals surface area contributed by atoms with E-state index in [1.807, 2.05) is 0 Å². The number of phosphoric ester groups is 1. The first kappa shape index (κ1) is 49.9. The SMILES string of the molecule is CC/C=C\C/C=C\C/C=C\C/C=C\CCCCC(=O)O[C@H](COC(=O)CCCCCCCCCCCCCCCC)COP(=O)(O)OC[C@@H](O)CO. The number of carbonyl (C=O) groups excluding carboxylic acids is 2. The lowest BCUT2D eigenvalue weighted by Crippen LogP contribution is -2.29. The van der Waals surface area contributed by atoms with Gasteiger partial charge in [0.1, 0.15) is 12.7 Å². The van der Waals surface area contributed by atoms with E-state index in [9.17, 15) is 24.2 Å². The van der Waals surface area contributed by atoms with Gasteiger partial charge in [0.15, 0.2) is 6.10 Å². The predicted octanol–water partition coefficient (Wildman–Crippen LogP) is 10.2. The first-order chi connectivity index (χ1) is 25.2. The molecule has 0 aromatic heterocycles. The van der Waals surface area contributed by atoms with Gasteiger partial charge < -0.3 is 24.6 Å². The molecule has 10 nitrogen and oxygen atoms in total. The van der Waals surface area contributed by atoms with Crippen LogP contribution in [-0.4, -0.2) is 65.7 Å². The lowest BCUT2D eigenvalue weighted by molar-refractivity contribution is -0.161.